The molecule has 2 fully saturated rings. The van der Waals surface area contributed by atoms with Gasteiger partial charge in [-0.05, 0) is 55.7 Å². The number of rotatable bonds is 4. The quantitative estimate of drug-likeness (QED) is 0.702. The van der Waals surface area contributed by atoms with E-state index >= 15 is 0 Å². The molecule has 7 heteroatoms. The van der Waals surface area contributed by atoms with Crippen molar-refractivity contribution in [3.8, 4) is 5.69 Å². The maximum atomic E-state index is 13.3. The number of carbonyl (C=O) groups is 1. The molecule has 1 N–H and O–H groups in total. The number of aryl methyl sites for hydroxylation is 1. The van der Waals surface area contributed by atoms with E-state index in [1.54, 1.807) is 12.1 Å². The Morgan fingerprint density at radius 3 is 2.52 bits per heavy atom. The molecule has 3 aromatic rings. The zero-order valence-electron chi connectivity index (χ0n) is 17.6. The standard InChI is InChI=1S/C24H26N4O3/c1-16-5-6-17(24(30)31)13-22(16)28-15-25-21-8-7-19(14-20(21)23(28)29)27-11-9-26(10-12-27)18-3-2-4-18/h5-8,13-15,18H,2-4,9-12H2,1H3,(H,30,31). The highest BCUT2D eigenvalue weighted by Crippen LogP contribution is 2.27. The van der Waals surface area contributed by atoms with Gasteiger partial charge in [-0.25, -0.2) is 9.78 Å². The van der Waals surface area contributed by atoms with E-state index in [0.29, 0.717) is 16.6 Å². The minimum atomic E-state index is -1.02. The predicted octanol–water partition coefficient (Wildman–Crippen LogP) is 3.07. The Hall–Kier alpha value is -3.19. The average molecular weight is 418 g/mol. The van der Waals surface area contributed by atoms with Crippen molar-refractivity contribution >= 4 is 22.6 Å². The average Bonchev–Trinajstić information content (AvgIpc) is 2.74. The first-order valence-electron chi connectivity index (χ1n) is 10.9. The van der Waals surface area contributed by atoms with E-state index in [9.17, 15) is 14.7 Å². The lowest BCUT2D eigenvalue weighted by Gasteiger charge is -2.43. The van der Waals surface area contributed by atoms with Crippen LogP contribution in [0, 0.1) is 6.92 Å². The van der Waals surface area contributed by atoms with E-state index in [4.69, 9.17) is 0 Å². The molecule has 1 saturated heterocycles. The largest absolute Gasteiger partial charge is 0.478 e. The van der Waals surface area contributed by atoms with Crippen molar-refractivity contribution in [1.29, 1.82) is 0 Å². The highest BCUT2D eigenvalue weighted by atomic mass is 16.4. The maximum Gasteiger partial charge on any atom is 0.335 e. The van der Waals surface area contributed by atoms with Gasteiger partial charge in [0.05, 0.1) is 22.2 Å². The van der Waals surface area contributed by atoms with Crippen LogP contribution < -0.4 is 10.5 Å². The Balaban J connectivity index is 1.48. The Bertz CT molecular complexity index is 1210. The Labute approximate surface area is 180 Å². The van der Waals surface area contributed by atoms with Crippen LogP contribution in [0.5, 0.6) is 0 Å². The number of fused-ring (bicyclic) bond motifs is 1. The van der Waals surface area contributed by atoms with Crippen LogP contribution in [0.15, 0.2) is 47.5 Å². The van der Waals surface area contributed by atoms with Gasteiger partial charge in [0.15, 0.2) is 0 Å². The smallest absolute Gasteiger partial charge is 0.335 e. The monoisotopic (exact) mass is 418 g/mol. The lowest BCUT2D eigenvalue weighted by atomic mass is 9.91. The summed E-state index contributed by atoms with van der Waals surface area (Å²) < 4.78 is 1.45. The zero-order valence-corrected chi connectivity index (χ0v) is 17.6. The van der Waals surface area contributed by atoms with Crippen molar-refractivity contribution in [3.63, 3.8) is 0 Å². The second kappa shape index (κ2) is 7.81. The van der Waals surface area contributed by atoms with Gasteiger partial charge in [-0.2, -0.15) is 0 Å². The molecule has 160 valence electrons. The lowest BCUT2D eigenvalue weighted by Crippen LogP contribution is -2.52. The van der Waals surface area contributed by atoms with Gasteiger partial charge >= 0.3 is 5.97 Å². The van der Waals surface area contributed by atoms with Crippen molar-refractivity contribution in [3.05, 3.63) is 64.2 Å². The van der Waals surface area contributed by atoms with Crippen LogP contribution in [0.3, 0.4) is 0 Å². The number of nitrogens with zero attached hydrogens (tertiary/aromatic N) is 4. The number of hydrogen-bond acceptors (Lipinski definition) is 5. The molecule has 1 aliphatic carbocycles. The fourth-order valence-corrected chi connectivity index (χ4v) is 4.58. The van der Waals surface area contributed by atoms with Gasteiger partial charge in [0, 0.05) is 37.9 Å². The molecular weight excluding hydrogens is 392 g/mol. The Morgan fingerprint density at radius 1 is 1.06 bits per heavy atom. The Morgan fingerprint density at radius 2 is 1.84 bits per heavy atom. The molecule has 1 aromatic heterocycles. The number of piperazine rings is 1. The molecule has 2 heterocycles. The summed E-state index contributed by atoms with van der Waals surface area (Å²) in [6.45, 7) is 5.88. The maximum absolute atomic E-state index is 13.3. The molecule has 0 unspecified atom stereocenters. The van der Waals surface area contributed by atoms with Crippen LogP contribution in [-0.2, 0) is 0 Å². The molecule has 5 rings (SSSR count). The molecule has 1 saturated carbocycles. The molecule has 1 aliphatic heterocycles. The van der Waals surface area contributed by atoms with Crippen LogP contribution in [0.25, 0.3) is 16.6 Å². The van der Waals surface area contributed by atoms with Gasteiger partial charge in [-0.15, -0.1) is 0 Å². The molecule has 0 amide bonds. The normalized spacial score (nSPS) is 17.6. The molecule has 0 atom stereocenters. The summed E-state index contributed by atoms with van der Waals surface area (Å²) in [5.41, 5.74) is 2.99. The topological polar surface area (TPSA) is 78.7 Å². The van der Waals surface area contributed by atoms with E-state index in [2.05, 4.69) is 14.8 Å². The number of hydrogen-bond donors (Lipinski definition) is 1. The second-order valence-electron chi connectivity index (χ2n) is 8.54. The Kier molecular flexibility index (Phi) is 4.98. The second-order valence-corrected chi connectivity index (χ2v) is 8.54. The highest BCUT2D eigenvalue weighted by Gasteiger charge is 2.28. The summed E-state index contributed by atoms with van der Waals surface area (Å²) >= 11 is 0. The number of carboxylic acids is 1. The number of aromatic nitrogens is 2. The molecular formula is C24H26N4O3. The van der Waals surface area contributed by atoms with Crippen LogP contribution in [-0.4, -0.2) is 57.7 Å². The summed E-state index contributed by atoms with van der Waals surface area (Å²) in [6.07, 6.45) is 5.48. The zero-order chi connectivity index (χ0) is 21.5. The SMILES string of the molecule is Cc1ccc(C(=O)O)cc1-n1cnc2ccc(N3CCN(C4CCC4)CC3)cc2c1=O. The molecule has 0 spiro atoms. The number of benzene rings is 2. The van der Waals surface area contributed by atoms with E-state index < -0.39 is 5.97 Å². The summed E-state index contributed by atoms with van der Waals surface area (Å²) in [5.74, 6) is -1.02. The first kappa shape index (κ1) is 19.8. The van der Waals surface area contributed by atoms with Gasteiger partial charge < -0.3 is 10.0 Å². The van der Waals surface area contributed by atoms with E-state index in [-0.39, 0.29) is 11.1 Å². The van der Waals surface area contributed by atoms with Gasteiger partial charge in [-0.3, -0.25) is 14.3 Å². The number of carboxylic acid groups (broad SMARTS) is 1. The third-order valence-electron chi connectivity index (χ3n) is 6.73. The minimum Gasteiger partial charge on any atom is -0.478 e. The molecule has 31 heavy (non-hydrogen) atoms. The van der Waals surface area contributed by atoms with Crippen LogP contribution >= 0.6 is 0 Å². The molecule has 0 radical (unpaired) electrons. The van der Waals surface area contributed by atoms with Crippen molar-refractivity contribution < 1.29 is 9.90 Å². The third kappa shape index (κ3) is 3.59. The fraction of sp³-hybridized carbons (Fsp3) is 0.375. The first-order valence-corrected chi connectivity index (χ1v) is 10.9. The molecule has 7 nitrogen and oxygen atoms in total. The minimum absolute atomic E-state index is 0.144. The van der Waals surface area contributed by atoms with Crippen LogP contribution in [0.4, 0.5) is 5.69 Å². The van der Waals surface area contributed by atoms with Crippen molar-refractivity contribution in [2.24, 2.45) is 0 Å². The van der Waals surface area contributed by atoms with Crippen LogP contribution in [0.1, 0.15) is 35.2 Å². The van der Waals surface area contributed by atoms with Gasteiger partial charge in [0.1, 0.15) is 6.33 Å². The summed E-state index contributed by atoms with van der Waals surface area (Å²) in [7, 11) is 0. The van der Waals surface area contributed by atoms with E-state index in [1.165, 1.54) is 36.2 Å². The first-order chi connectivity index (χ1) is 15.0. The van der Waals surface area contributed by atoms with E-state index in [0.717, 1.165) is 43.5 Å². The van der Waals surface area contributed by atoms with Crippen LogP contribution in [0.2, 0.25) is 0 Å². The van der Waals surface area contributed by atoms with Gasteiger partial charge in [0.25, 0.3) is 5.56 Å². The molecule has 0 bridgehead atoms. The van der Waals surface area contributed by atoms with E-state index in [1.807, 2.05) is 25.1 Å². The lowest BCUT2D eigenvalue weighted by molar-refractivity contribution is 0.0697. The van der Waals surface area contributed by atoms with Crippen molar-refractivity contribution in [2.75, 3.05) is 31.1 Å². The van der Waals surface area contributed by atoms with Gasteiger partial charge in [-0.1, -0.05) is 12.5 Å². The number of aromatic carboxylic acids is 1. The van der Waals surface area contributed by atoms with Gasteiger partial charge in [0.2, 0.25) is 0 Å². The summed E-state index contributed by atoms with van der Waals surface area (Å²) in [4.78, 5) is 34.1. The summed E-state index contributed by atoms with van der Waals surface area (Å²) in [6, 6.07) is 11.4. The van der Waals surface area contributed by atoms with Crippen molar-refractivity contribution in [1.82, 2.24) is 14.5 Å². The molecule has 2 aliphatic rings. The van der Waals surface area contributed by atoms with Crippen molar-refractivity contribution in [2.45, 2.75) is 32.2 Å². The number of anilines is 1. The predicted molar refractivity (Wildman–Crippen MR) is 120 cm³/mol. The molecule has 2 aromatic carbocycles. The highest BCUT2D eigenvalue weighted by molar-refractivity contribution is 5.88. The summed E-state index contributed by atoms with van der Waals surface area (Å²) in [5, 5.41) is 9.87. The fourth-order valence-electron chi connectivity index (χ4n) is 4.58. The third-order valence-corrected chi connectivity index (χ3v) is 6.73.